The van der Waals surface area contributed by atoms with Crippen LogP contribution in [0.25, 0.3) is 22.2 Å². The van der Waals surface area contributed by atoms with Crippen LogP contribution in [0, 0.1) is 12.8 Å². The Bertz CT molecular complexity index is 1250. The van der Waals surface area contributed by atoms with E-state index in [4.69, 9.17) is 16.6 Å². The van der Waals surface area contributed by atoms with Crippen molar-refractivity contribution in [2.75, 3.05) is 5.32 Å². The predicted molar refractivity (Wildman–Crippen MR) is 130 cm³/mol. The van der Waals surface area contributed by atoms with Gasteiger partial charge in [-0.3, -0.25) is 4.79 Å². The number of hydrogen-bond donors (Lipinski definition) is 1. The number of fused-ring (bicyclic) bond motifs is 1. The first-order valence-corrected chi connectivity index (χ1v) is 10.8. The molecule has 0 fully saturated rings. The minimum atomic E-state index is -0.184. The average Bonchev–Trinajstić information content (AvgIpc) is 2.75. The molecule has 0 aliphatic heterocycles. The van der Waals surface area contributed by atoms with Crippen molar-refractivity contribution in [1.82, 2.24) is 4.98 Å². The topological polar surface area (TPSA) is 42.0 Å². The fraction of sp³-hybridized carbons (Fsp3) is 0.185. The summed E-state index contributed by atoms with van der Waals surface area (Å²) in [6.07, 6.45) is 1.04. The van der Waals surface area contributed by atoms with Crippen LogP contribution in [-0.4, -0.2) is 10.9 Å². The van der Waals surface area contributed by atoms with Gasteiger partial charge in [-0.15, -0.1) is 0 Å². The number of para-hydroxylation sites is 1. The van der Waals surface area contributed by atoms with Gasteiger partial charge in [0.05, 0.1) is 16.8 Å². The summed E-state index contributed by atoms with van der Waals surface area (Å²) >= 11 is 6.23. The second-order valence-electron chi connectivity index (χ2n) is 8.29. The molecule has 1 amide bonds. The molecule has 0 saturated carbocycles. The number of pyridine rings is 1. The molecule has 0 bridgehead atoms. The molecule has 3 nitrogen and oxygen atoms in total. The van der Waals surface area contributed by atoms with Crippen molar-refractivity contribution in [3.8, 4) is 11.3 Å². The smallest absolute Gasteiger partial charge is 0.256 e. The van der Waals surface area contributed by atoms with E-state index in [2.05, 4.69) is 43.4 Å². The van der Waals surface area contributed by atoms with Crippen LogP contribution in [0.3, 0.4) is 0 Å². The zero-order valence-electron chi connectivity index (χ0n) is 17.9. The van der Waals surface area contributed by atoms with Crippen molar-refractivity contribution in [3.05, 3.63) is 94.5 Å². The van der Waals surface area contributed by atoms with Crippen LogP contribution < -0.4 is 5.32 Å². The van der Waals surface area contributed by atoms with Gasteiger partial charge in [0.25, 0.3) is 5.91 Å². The molecule has 0 radical (unpaired) electrons. The van der Waals surface area contributed by atoms with Gasteiger partial charge in [0.2, 0.25) is 0 Å². The second-order valence-corrected chi connectivity index (χ2v) is 8.69. The summed E-state index contributed by atoms with van der Waals surface area (Å²) in [5.74, 6) is 0.423. The highest BCUT2D eigenvalue weighted by atomic mass is 35.5. The molecule has 0 aliphatic rings. The number of anilines is 1. The summed E-state index contributed by atoms with van der Waals surface area (Å²) < 4.78 is 0. The van der Waals surface area contributed by atoms with Gasteiger partial charge in [-0.05, 0) is 54.7 Å². The van der Waals surface area contributed by atoms with Gasteiger partial charge in [-0.25, -0.2) is 4.98 Å². The lowest BCUT2D eigenvalue weighted by molar-refractivity contribution is 0.102. The highest BCUT2D eigenvalue weighted by Crippen LogP contribution is 2.27. The van der Waals surface area contributed by atoms with Crippen LogP contribution in [0.2, 0.25) is 5.02 Å². The quantitative estimate of drug-likeness (QED) is 0.362. The zero-order chi connectivity index (χ0) is 22.0. The summed E-state index contributed by atoms with van der Waals surface area (Å²) in [4.78, 5) is 18.0. The van der Waals surface area contributed by atoms with Crippen LogP contribution in [-0.2, 0) is 6.42 Å². The van der Waals surface area contributed by atoms with E-state index >= 15 is 0 Å². The summed E-state index contributed by atoms with van der Waals surface area (Å²) in [6.45, 7) is 6.36. The van der Waals surface area contributed by atoms with E-state index in [1.54, 1.807) is 6.07 Å². The molecule has 1 N–H and O–H groups in total. The molecular weight excluding hydrogens is 404 g/mol. The molecule has 1 heterocycles. The van der Waals surface area contributed by atoms with Crippen LogP contribution in [0.4, 0.5) is 5.69 Å². The number of amides is 1. The maximum atomic E-state index is 13.2. The molecule has 0 spiro atoms. The van der Waals surface area contributed by atoms with Gasteiger partial charge >= 0.3 is 0 Å². The molecule has 4 rings (SSSR count). The van der Waals surface area contributed by atoms with Crippen LogP contribution in [0.1, 0.15) is 35.3 Å². The molecule has 156 valence electrons. The summed E-state index contributed by atoms with van der Waals surface area (Å²) in [7, 11) is 0. The maximum Gasteiger partial charge on any atom is 0.256 e. The molecule has 0 saturated heterocycles. The highest BCUT2D eigenvalue weighted by Gasteiger charge is 2.15. The predicted octanol–water partition coefficient (Wildman–Crippen LogP) is 7.31. The van der Waals surface area contributed by atoms with Gasteiger partial charge in [0, 0.05) is 21.7 Å². The van der Waals surface area contributed by atoms with Crippen molar-refractivity contribution in [3.63, 3.8) is 0 Å². The minimum Gasteiger partial charge on any atom is -0.322 e. The SMILES string of the molecule is Cc1ccc(NC(=O)c2cc(-c3ccc(CC(C)C)cc3)nc3ccccc23)cc1Cl. The first-order chi connectivity index (χ1) is 14.9. The van der Waals surface area contributed by atoms with Crippen molar-refractivity contribution < 1.29 is 4.79 Å². The molecule has 0 unspecified atom stereocenters. The minimum absolute atomic E-state index is 0.184. The average molecular weight is 429 g/mol. The van der Waals surface area contributed by atoms with Crippen LogP contribution in [0.5, 0.6) is 0 Å². The number of carbonyl (C=O) groups is 1. The number of benzene rings is 3. The fourth-order valence-corrected chi connectivity index (χ4v) is 3.84. The Morgan fingerprint density at radius 3 is 2.45 bits per heavy atom. The van der Waals surface area contributed by atoms with E-state index in [-0.39, 0.29) is 5.91 Å². The number of rotatable bonds is 5. The molecule has 31 heavy (non-hydrogen) atoms. The van der Waals surface area contributed by atoms with Gasteiger partial charge < -0.3 is 5.32 Å². The molecule has 0 atom stereocenters. The van der Waals surface area contributed by atoms with Gasteiger partial charge in [0.15, 0.2) is 0 Å². The van der Waals surface area contributed by atoms with Crippen molar-refractivity contribution in [1.29, 1.82) is 0 Å². The molecular formula is C27H25ClN2O. The van der Waals surface area contributed by atoms with E-state index in [1.807, 2.05) is 49.4 Å². The largest absolute Gasteiger partial charge is 0.322 e. The molecule has 3 aromatic carbocycles. The molecule has 1 aromatic heterocycles. The van der Waals surface area contributed by atoms with E-state index in [0.717, 1.165) is 34.1 Å². The summed E-state index contributed by atoms with van der Waals surface area (Å²) in [5.41, 5.74) is 6.08. The Balaban J connectivity index is 1.72. The van der Waals surface area contributed by atoms with Gasteiger partial charge in [-0.2, -0.15) is 0 Å². The number of aryl methyl sites for hydroxylation is 1. The third-order valence-electron chi connectivity index (χ3n) is 5.28. The van der Waals surface area contributed by atoms with Crippen molar-refractivity contribution in [2.45, 2.75) is 27.2 Å². The molecule has 4 aromatic rings. The second kappa shape index (κ2) is 8.91. The van der Waals surface area contributed by atoms with E-state index in [1.165, 1.54) is 5.56 Å². The molecule has 4 heteroatoms. The number of nitrogens with zero attached hydrogens (tertiary/aromatic N) is 1. The standard InChI is InChI=1S/C27H25ClN2O/c1-17(2)14-19-9-11-20(12-10-19)26-16-23(22-6-4-5-7-25(22)30-26)27(31)29-21-13-8-18(3)24(28)15-21/h4-13,15-17H,14H2,1-3H3,(H,29,31). The van der Waals surface area contributed by atoms with E-state index in [0.29, 0.717) is 22.2 Å². The van der Waals surface area contributed by atoms with E-state index < -0.39 is 0 Å². The van der Waals surface area contributed by atoms with Gasteiger partial charge in [-0.1, -0.05) is 74.0 Å². The lowest BCUT2D eigenvalue weighted by Crippen LogP contribution is -2.13. The Morgan fingerprint density at radius 1 is 1.00 bits per heavy atom. The van der Waals surface area contributed by atoms with Crippen LogP contribution >= 0.6 is 11.6 Å². The number of carbonyl (C=O) groups excluding carboxylic acids is 1. The first-order valence-electron chi connectivity index (χ1n) is 10.5. The third kappa shape index (κ3) is 4.78. The fourth-order valence-electron chi connectivity index (χ4n) is 3.66. The Kier molecular flexibility index (Phi) is 6.06. The lowest BCUT2D eigenvalue weighted by Gasteiger charge is -2.12. The monoisotopic (exact) mass is 428 g/mol. The Labute approximate surface area is 188 Å². The van der Waals surface area contributed by atoms with Crippen molar-refractivity contribution in [2.24, 2.45) is 5.92 Å². The van der Waals surface area contributed by atoms with Gasteiger partial charge in [0.1, 0.15) is 0 Å². The number of aromatic nitrogens is 1. The van der Waals surface area contributed by atoms with Crippen LogP contribution in [0.15, 0.2) is 72.8 Å². The summed E-state index contributed by atoms with van der Waals surface area (Å²) in [5, 5.41) is 4.42. The Morgan fingerprint density at radius 2 is 1.74 bits per heavy atom. The maximum absolute atomic E-state index is 13.2. The first kappa shape index (κ1) is 21.1. The number of hydrogen-bond acceptors (Lipinski definition) is 2. The number of nitrogens with one attached hydrogen (secondary N) is 1. The molecule has 0 aliphatic carbocycles. The normalized spacial score (nSPS) is 11.1. The zero-order valence-corrected chi connectivity index (χ0v) is 18.7. The highest BCUT2D eigenvalue weighted by molar-refractivity contribution is 6.31. The van der Waals surface area contributed by atoms with E-state index in [9.17, 15) is 4.79 Å². The lowest BCUT2D eigenvalue weighted by atomic mass is 9.99. The Hall–Kier alpha value is -3.17. The summed E-state index contributed by atoms with van der Waals surface area (Å²) in [6, 6.07) is 23.5. The number of halogens is 1. The third-order valence-corrected chi connectivity index (χ3v) is 5.69. The van der Waals surface area contributed by atoms with Crippen molar-refractivity contribution >= 4 is 34.1 Å².